The molecule has 0 amide bonds. The number of hydrogen-bond donors (Lipinski definition) is 0. The van der Waals surface area contributed by atoms with Crippen molar-refractivity contribution in [2.45, 2.75) is 13.8 Å². The Morgan fingerprint density at radius 3 is 2.60 bits per heavy atom. The van der Waals surface area contributed by atoms with Crippen LogP contribution in [0.15, 0.2) is 36.5 Å². The zero-order chi connectivity index (χ0) is 10.8. The molecule has 0 unspecified atom stereocenters. The van der Waals surface area contributed by atoms with Crippen molar-refractivity contribution in [1.29, 1.82) is 0 Å². The topological polar surface area (TPSA) is 17.8 Å². The number of rotatable bonds is 1. The van der Waals surface area contributed by atoms with Crippen LogP contribution >= 0.6 is 12.2 Å². The molecule has 0 aliphatic carbocycles. The average molecular weight is 216 g/mol. The van der Waals surface area contributed by atoms with Crippen molar-refractivity contribution < 1.29 is 0 Å². The smallest absolute Gasteiger partial charge is 0.137 e. The maximum atomic E-state index is 5.39. The maximum Gasteiger partial charge on any atom is 0.137 e. The summed E-state index contributed by atoms with van der Waals surface area (Å²) >= 11 is 5.39. The van der Waals surface area contributed by atoms with Crippen molar-refractivity contribution in [3.8, 4) is 5.82 Å². The first-order chi connectivity index (χ1) is 7.20. The summed E-state index contributed by atoms with van der Waals surface area (Å²) < 4.78 is 2.82. The van der Waals surface area contributed by atoms with Gasteiger partial charge in [0.1, 0.15) is 10.5 Å². The second kappa shape index (κ2) is 3.95. The first kappa shape index (κ1) is 10.1. The summed E-state index contributed by atoms with van der Waals surface area (Å²) in [7, 11) is 0. The van der Waals surface area contributed by atoms with Crippen LogP contribution in [-0.4, -0.2) is 9.55 Å². The highest BCUT2D eigenvalue weighted by molar-refractivity contribution is 7.71. The fraction of sp³-hybridized carbons (Fsp3) is 0.167. The van der Waals surface area contributed by atoms with E-state index >= 15 is 0 Å². The van der Waals surface area contributed by atoms with Crippen molar-refractivity contribution in [3.63, 3.8) is 0 Å². The molecule has 0 fully saturated rings. The lowest BCUT2D eigenvalue weighted by atomic mass is 10.2. The van der Waals surface area contributed by atoms with E-state index in [1.807, 2.05) is 42.7 Å². The van der Waals surface area contributed by atoms with E-state index in [1.54, 1.807) is 6.20 Å². The normalized spacial score (nSPS) is 10.3. The largest absolute Gasteiger partial charge is 0.289 e. The van der Waals surface area contributed by atoms with Crippen LogP contribution in [0.4, 0.5) is 0 Å². The van der Waals surface area contributed by atoms with Crippen molar-refractivity contribution in [1.82, 2.24) is 9.55 Å². The van der Waals surface area contributed by atoms with Gasteiger partial charge in [-0.15, -0.1) is 0 Å². The minimum absolute atomic E-state index is 0.828. The van der Waals surface area contributed by atoms with E-state index in [0.29, 0.717) is 0 Å². The molecule has 0 aliphatic heterocycles. The molecule has 2 aromatic heterocycles. The number of pyridine rings is 2. The molecule has 15 heavy (non-hydrogen) atoms. The summed E-state index contributed by atoms with van der Waals surface area (Å²) in [6.45, 7) is 4.05. The van der Waals surface area contributed by atoms with Gasteiger partial charge < -0.3 is 0 Å². The summed E-state index contributed by atoms with van der Waals surface area (Å²) in [6.07, 6.45) is 1.78. The summed E-state index contributed by atoms with van der Waals surface area (Å²) in [4.78, 5) is 4.31. The molecule has 0 atom stereocenters. The zero-order valence-electron chi connectivity index (χ0n) is 8.77. The van der Waals surface area contributed by atoms with Crippen LogP contribution in [0.2, 0.25) is 0 Å². The number of aromatic nitrogens is 2. The van der Waals surface area contributed by atoms with Gasteiger partial charge in [-0.2, -0.15) is 0 Å². The van der Waals surface area contributed by atoms with Crippen LogP contribution in [0.25, 0.3) is 5.82 Å². The molecule has 76 valence electrons. The third-order valence-electron chi connectivity index (χ3n) is 2.35. The highest BCUT2D eigenvalue weighted by Crippen LogP contribution is 2.12. The molecule has 0 saturated carbocycles. The van der Waals surface area contributed by atoms with E-state index in [9.17, 15) is 0 Å². The molecule has 0 bridgehead atoms. The van der Waals surface area contributed by atoms with Crippen molar-refractivity contribution in [3.05, 3.63) is 52.4 Å². The molecule has 2 heterocycles. The Morgan fingerprint density at radius 2 is 1.93 bits per heavy atom. The lowest BCUT2D eigenvalue weighted by Crippen LogP contribution is -2.04. The summed E-state index contributed by atoms with van der Waals surface area (Å²) in [6, 6.07) is 9.92. The Bertz CT molecular complexity index is 529. The molecule has 0 aromatic carbocycles. The van der Waals surface area contributed by atoms with E-state index < -0.39 is 0 Å². The average Bonchev–Trinajstić information content (AvgIpc) is 2.26. The van der Waals surface area contributed by atoms with E-state index in [4.69, 9.17) is 12.2 Å². The second-order valence-electron chi connectivity index (χ2n) is 3.49. The van der Waals surface area contributed by atoms with Crippen LogP contribution in [0.3, 0.4) is 0 Å². The minimum Gasteiger partial charge on any atom is -0.289 e. The Balaban J connectivity index is 2.73. The zero-order valence-corrected chi connectivity index (χ0v) is 9.58. The van der Waals surface area contributed by atoms with Crippen molar-refractivity contribution >= 4 is 12.2 Å². The Kier molecular flexibility index (Phi) is 2.64. The van der Waals surface area contributed by atoms with E-state index in [-0.39, 0.29) is 0 Å². The van der Waals surface area contributed by atoms with Gasteiger partial charge in [-0.3, -0.25) is 4.57 Å². The molecular weight excluding hydrogens is 204 g/mol. The van der Waals surface area contributed by atoms with Crippen LogP contribution in [0.1, 0.15) is 11.3 Å². The third kappa shape index (κ3) is 1.83. The molecule has 0 saturated heterocycles. The van der Waals surface area contributed by atoms with Gasteiger partial charge in [-0.1, -0.05) is 24.4 Å². The monoisotopic (exact) mass is 216 g/mol. The highest BCUT2D eigenvalue weighted by Gasteiger charge is 2.02. The molecule has 0 spiro atoms. The van der Waals surface area contributed by atoms with Crippen LogP contribution in [-0.2, 0) is 0 Å². The van der Waals surface area contributed by atoms with E-state index in [1.165, 1.54) is 0 Å². The number of nitrogens with zero attached hydrogens (tertiary/aromatic N) is 2. The molecule has 0 N–H and O–H groups in total. The molecular formula is C12H12N2S. The van der Waals surface area contributed by atoms with Gasteiger partial charge in [0.05, 0.1) is 0 Å². The summed E-state index contributed by atoms with van der Waals surface area (Å²) in [5.74, 6) is 0.878. The number of hydrogen-bond acceptors (Lipinski definition) is 2. The first-order valence-corrected chi connectivity index (χ1v) is 5.21. The van der Waals surface area contributed by atoms with Gasteiger partial charge in [-0.05, 0) is 37.6 Å². The lowest BCUT2D eigenvalue weighted by molar-refractivity contribution is 0.910. The van der Waals surface area contributed by atoms with E-state index in [2.05, 4.69) is 11.1 Å². The van der Waals surface area contributed by atoms with Crippen LogP contribution < -0.4 is 0 Å². The maximum absolute atomic E-state index is 5.39. The molecule has 0 radical (unpaired) electrons. The van der Waals surface area contributed by atoms with Gasteiger partial charge in [0, 0.05) is 11.9 Å². The third-order valence-corrected chi connectivity index (χ3v) is 2.85. The van der Waals surface area contributed by atoms with Gasteiger partial charge >= 0.3 is 0 Å². The number of aryl methyl sites for hydroxylation is 2. The van der Waals surface area contributed by atoms with E-state index in [0.717, 1.165) is 21.7 Å². The SMILES string of the molecule is Cc1ccc(C)n(-c2ccccn2)c1=S. The Hall–Kier alpha value is -1.48. The molecule has 2 nitrogen and oxygen atoms in total. The molecule has 0 aliphatic rings. The van der Waals surface area contributed by atoms with Crippen LogP contribution in [0, 0.1) is 18.5 Å². The summed E-state index contributed by atoms with van der Waals surface area (Å²) in [5.41, 5.74) is 2.20. The fourth-order valence-corrected chi connectivity index (χ4v) is 1.80. The molecule has 3 heteroatoms. The predicted molar refractivity (Wildman–Crippen MR) is 63.9 cm³/mol. The second-order valence-corrected chi connectivity index (χ2v) is 3.87. The standard InChI is InChI=1S/C12H12N2S/c1-9-6-7-10(2)14(12(9)15)11-5-3-4-8-13-11/h3-8H,1-2H3. The van der Waals surface area contributed by atoms with Gasteiger partial charge in [0.15, 0.2) is 0 Å². The van der Waals surface area contributed by atoms with Gasteiger partial charge in [0.2, 0.25) is 0 Å². The fourth-order valence-electron chi connectivity index (χ4n) is 1.50. The Morgan fingerprint density at radius 1 is 1.13 bits per heavy atom. The Labute approximate surface area is 94.2 Å². The van der Waals surface area contributed by atoms with Gasteiger partial charge in [-0.25, -0.2) is 4.98 Å². The van der Waals surface area contributed by atoms with Crippen molar-refractivity contribution in [2.75, 3.05) is 0 Å². The minimum atomic E-state index is 0.828. The quantitative estimate of drug-likeness (QED) is 0.681. The highest BCUT2D eigenvalue weighted by atomic mass is 32.1. The van der Waals surface area contributed by atoms with Crippen LogP contribution in [0.5, 0.6) is 0 Å². The molecule has 2 rings (SSSR count). The first-order valence-electron chi connectivity index (χ1n) is 4.81. The summed E-state index contributed by atoms with van der Waals surface area (Å²) in [5, 5.41) is 0. The lowest BCUT2D eigenvalue weighted by Gasteiger charge is -2.11. The van der Waals surface area contributed by atoms with Gasteiger partial charge in [0.25, 0.3) is 0 Å². The van der Waals surface area contributed by atoms with Crippen molar-refractivity contribution in [2.24, 2.45) is 0 Å². The predicted octanol–water partition coefficient (Wildman–Crippen LogP) is 3.22. The molecule has 2 aromatic rings.